The van der Waals surface area contributed by atoms with Crippen molar-refractivity contribution < 1.29 is 22.7 Å². The number of nitrogens with one attached hydrogen (secondary N) is 2. The van der Waals surface area contributed by atoms with Gasteiger partial charge >= 0.3 is 5.97 Å². The first-order chi connectivity index (χ1) is 13.1. The van der Waals surface area contributed by atoms with Crippen LogP contribution in [0.4, 0.5) is 5.69 Å². The second-order valence-corrected chi connectivity index (χ2v) is 8.27. The van der Waals surface area contributed by atoms with E-state index in [0.29, 0.717) is 5.69 Å². The summed E-state index contributed by atoms with van der Waals surface area (Å²) in [6, 6.07) is 10.6. The average molecular weight is 404 g/mol. The van der Waals surface area contributed by atoms with Gasteiger partial charge in [0.1, 0.15) is 6.04 Å². The number of carbonyl (C=O) groups is 2. The zero-order valence-corrected chi connectivity index (χ0v) is 17.1. The molecule has 1 amide bonds. The summed E-state index contributed by atoms with van der Waals surface area (Å²) in [6.07, 6.45) is 0. The highest BCUT2D eigenvalue weighted by Crippen LogP contribution is 2.17. The number of hydrogen-bond donors (Lipinski definition) is 2. The predicted octanol–water partition coefficient (Wildman–Crippen LogP) is 2.46. The lowest BCUT2D eigenvalue weighted by atomic mass is 10.1. The molecule has 2 N–H and O–H groups in total. The van der Waals surface area contributed by atoms with Gasteiger partial charge in [0.2, 0.25) is 10.0 Å². The van der Waals surface area contributed by atoms with E-state index in [4.69, 9.17) is 4.74 Å². The van der Waals surface area contributed by atoms with E-state index >= 15 is 0 Å². The molecular weight excluding hydrogens is 380 g/mol. The smallest absolute Gasteiger partial charge is 0.324 e. The van der Waals surface area contributed by atoms with Gasteiger partial charge in [-0.1, -0.05) is 29.8 Å². The highest BCUT2D eigenvalue weighted by molar-refractivity contribution is 7.89. The van der Waals surface area contributed by atoms with Crippen molar-refractivity contribution in [3.8, 4) is 0 Å². The molecule has 0 aliphatic carbocycles. The van der Waals surface area contributed by atoms with Crippen LogP contribution in [0.1, 0.15) is 23.6 Å². The van der Waals surface area contributed by atoms with E-state index in [0.717, 1.165) is 16.7 Å². The second kappa shape index (κ2) is 8.99. The van der Waals surface area contributed by atoms with Gasteiger partial charge in [-0.2, -0.15) is 4.72 Å². The lowest BCUT2D eigenvalue weighted by molar-refractivity contribution is -0.148. The first-order valence-corrected chi connectivity index (χ1v) is 10.2. The number of aryl methyl sites for hydroxylation is 2. The molecule has 1 atom stereocenters. The Morgan fingerprint density at radius 1 is 1.04 bits per heavy atom. The molecule has 150 valence electrons. The van der Waals surface area contributed by atoms with Crippen molar-refractivity contribution in [1.82, 2.24) is 4.72 Å². The maximum absolute atomic E-state index is 12.3. The number of benzene rings is 2. The van der Waals surface area contributed by atoms with Crippen LogP contribution in [0.25, 0.3) is 0 Å². The molecule has 0 spiro atoms. The van der Waals surface area contributed by atoms with Gasteiger partial charge in [0, 0.05) is 5.69 Å². The number of sulfonamides is 1. The van der Waals surface area contributed by atoms with Gasteiger partial charge in [-0.05, 0) is 57.0 Å². The monoisotopic (exact) mass is 404 g/mol. The molecule has 0 aromatic heterocycles. The van der Waals surface area contributed by atoms with Gasteiger partial charge in [0.05, 0.1) is 4.90 Å². The molecule has 0 aliphatic rings. The molecule has 8 heteroatoms. The van der Waals surface area contributed by atoms with E-state index in [1.807, 2.05) is 32.9 Å². The Labute approximate surface area is 165 Å². The fourth-order valence-electron chi connectivity index (χ4n) is 2.40. The van der Waals surface area contributed by atoms with E-state index in [1.54, 1.807) is 18.2 Å². The summed E-state index contributed by atoms with van der Waals surface area (Å²) in [7, 11) is -3.87. The van der Waals surface area contributed by atoms with Crippen molar-refractivity contribution in [2.75, 3.05) is 11.9 Å². The summed E-state index contributed by atoms with van der Waals surface area (Å²) in [4.78, 5) is 24.1. The zero-order valence-electron chi connectivity index (χ0n) is 16.3. The fourth-order valence-corrected chi connectivity index (χ4v) is 3.59. The lowest BCUT2D eigenvalue weighted by Crippen LogP contribution is -2.40. The van der Waals surface area contributed by atoms with E-state index in [1.165, 1.54) is 19.1 Å². The van der Waals surface area contributed by atoms with Gasteiger partial charge in [-0.15, -0.1) is 0 Å². The van der Waals surface area contributed by atoms with Crippen LogP contribution in [0.15, 0.2) is 47.4 Å². The number of carbonyl (C=O) groups excluding carboxylic acids is 2. The summed E-state index contributed by atoms with van der Waals surface area (Å²) in [6.45, 7) is 6.48. The first kappa shape index (κ1) is 21.6. The first-order valence-electron chi connectivity index (χ1n) is 8.72. The van der Waals surface area contributed by atoms with Gasteiger partial charge in [-0.25, -0.2) is 8.42 Å². The number of rotatable bonds is 7. The average Bonchev–Trinajstić information content (AvgIpc) is 2.63. The summed E-state index contributed by atoms with van der Waals surface area (Å²) >= 11 is 0. The third kappa shape index (κ3) is 5.64. The van der Waals surface area contributed by atoms with Crippen LogP contribution in [0.2, 0.25) is 0 Å². The molecule has 2 aromatic rings. The van der Waals surface area contributed by atoms with Gasteiger partial charge in [-0.3, -0.25) is 9.59 Å². The zero-order chi connectivity index (χ0) is 20.9. The van der Waals surface area contributed by atoms with Crippen LogP contribution in [-0.4, -0.2) is 32.9 Å². The predicted molar refractivity (Wildman–Crippen MR) is 106 cm³/mol. The quantitative estimate of drug-likeness (QED) is 0.690. The van der Waals surface area contributed by atoms with Crippen LogP contribution < -0.4 is 10.0 Å². The SMILES string of the molecule is Cc1ccc(S(=O)(=O)N[C@@H](C)C(=O)OCC(=O)Nc2cccc(C)c2C)cc1. The molecule has 0 heterocycles. The van der Waals surface area contributed by atoms with Crippen LogP contribution in [-0.2, 0) is 24.3 Å². The molecule has 28 heavy (non-hydrogen) atoms. The minimum atomic E-state index is -3.87. The lowest BCUT2D eigenvalue weighted by Gasteiger charge is -2.14. The maximum atomic E-state index is 12.3. The van der Waals surface area contributed by atoms with E-state index in [-0.39, 0.29) is 4.90 Å². The molecule has 0 saturated heterocycles. The van der Waals surface area contributed by atoms with Gasteiger partial charge < -0.3 is 10.1 Å². The fraction of sp³-hybridized carbons (Fsp3) is 0.300. The number of hydrogen-bond acceptors (Lipinski definition) is 5. The Balaban J connectivity index is 1.90. The molecule has 0 saturated carbocycles. The summed E-state index contributed by atoms with van der Waals surface area (Å²) in [5.74, 6) is -1.34. The molecule has 2 rings (SSSR count). The number of esters is 1. The number of amides is 1. The van der Waals surface area contributed by atoms with Crippen molar-refractivity contribution in [1.29, 1.82) is 0 Å². The third-order valence-electron chi connectivity index (χ3n) is 4.24. The molecule has 0 unspecified atom stereocenters. The highest BCUT2D eigenvalue weighted by atomic mass is 32.2. The van der Waals surface area contributed by atoms with Crippen molar-refractivity contribution in [2.45, 2.75) is 38.6 Å². The van der Waals surface area contributed by atoms with Crippen LogP contribution in [0, 0.1) is 20.8 Å². The Kier molecular flexibility index (Phi) is 6.93. The Morgan fingerprint density at radius 2 is 1.68 bits per heavy atom. The van der Waals surface area contributed by atoms with Crippen LogP contribution >= 0.6 is 0 Å². The van der Waals surface area contributed by atoms with Crippen molar-refractivity contribution in [3.63, 3.8) is 0 Å². The number of anilines is 1. The topological polar surface area (TPSA) is 102 Å². The molecule has 7 nitrogen and oxygen atoms in total. The van der Waals surface area contributed by atoms with Crippen LogP contribution in [0.5, 0.6) is 0 Å². The Bertz CT molecular complexity index is 969. The summed E-state index contributed by atoms with van der Waals surface area (Å²) in [5.41, 5.74) is 3.49. The molecule has 2 aromatic carbocycles. The Hall–Kier alpha value is -2.71. The Morgan fingerprint density at radius 3 is 2.32 bits per heavy atom. The number of ether oxygens (including phenoxy) is 1. The minimum Gasteiger partial charge on any atom is -0.454 e. The van der Waals surface area contributed by atoms with Crippen molar-refractivity contribution in [2.24, 2.45) is 0 Å². The maximum Gasteiger partial charge on any atom is 0.324 e. The van der Waals surface area contributed by atoms with E-state index < -0.39 is 34.5 Å². The van der Waals surface area contributed by atoms with Gasteiger partial charge in [0.25, 0.3) is 5.91 Å². The second-order valence-electron chi connectivity index (χ2n) is 6.56. The molecule has 0 radical (unpaired) electrons. The summed E-state index contributed by atoms with van der Waals surface area (Å²) in [5, 5.41) is 2.67. The molecule has 0 bridgehead atoms. The third-order valence-corrected chi connectivity index (χ3v) is 5.80. The molecular formula is C20H24N2O5S. The molecule has 0 fully saturated rings. The van der Waals surface area contributed by atoms with Crippen LogP contribution in [0.3, 0.4) is 0 Å². The van der Waals surface area contributed by atoms with E-state index in [2.05, 4.69) is 10.0 Å². The van der Waals surface area contributed by atoms with Crippen molar-refractivity contribution >= 4 is 27.6 Å². The van der Waals surface area contributed by atoms with Gasteiger partial charge in [0.15, 0.2) is 6.61 Å². The molecule has 0 aliphatic heterocycles. The highest BCUT2D eigenvalue weighted by Gasteiger charge is 2.23. The normalized spacial score (nSPS) is 12.3. The largest absolute Gasteiger partial charge is 0.454 e. The summed E-state index contributed by atoms with van der Waals surface area (Å²) < 4.78 is 31.8. The van der Waals surface area contributed by atoms with E-state index in [9.17, 15) is 18.0 Å². The minimum absolute atomic E-state index is 0.0467. The van der Waals surface area contributed by atoms with Crippen molar-refractivity contribution in [3.05, 3.63) is 59.2 Å². The standard InChI is InChI=1S/C20H24N2O5S/c1-13-8-10-17(11-9-13)28(25,26)22-16(4)20(24)27-12-19(23)21-18-7-5-6-14(2)15(18)3/h5-11,16,22H,12H2,1-4H3,(H,21,23)/t16-/m0/s1.